The predicted octanol–water partition coefficient (Wildman–Crippen LogP) is 3.24. The summed E-state index contributed by atoms with van der Waals surface area (Å²) < 4.78 is 0. The average Bonchev–Trinajstić information content (AvgIpc) is 3.11. The largest absolute Gasteiger partial charge is 3.00 e. The number of rotatable bonds is 2. The van der Waals surface area contributed by atoms with Crippen LogP contribution in [0.15, 0.2) is 72.1 Å². The summed E-state index contributed by atoms with van der Waals surface area (Å²) in [6.07, 6.45) is 5.20. The standard InChI is InChI=1S/C10H7N2.C9H9N3.Ir/c1-2-5-9(6-3-1)10-11-7-4-8-12-10;1-11-7-10-12(8-11)9-5-3-2-4-6-9;/h1-5,7-8H;2-5,7-8H,1H3;/q-1;-2;+3. The van der Waals surface area contributed by atoms with Gasteiger partial charge in [-0.3, -0.25) is 9.97 Å². The first-order valence-electron chi connectivity index (χ1n) is 7.44. The quantitative estimate of drug-likeness (QED) is 0.501. The molecule has 0 saturated carbocycles. The zero-order valence-corrected chi connectivity index (χ0v) is 16.0. The van der Waals surface area contributed by atoms with E-state index in [0.29, 0.717) is 0 Å². The Hall–Kier alpha value is -2.56. The maximum Gasteiger partial charge on any atom is 3.00 e. The third kappa shape index (κ3) is 5.48. The first-order valence-corrected chi connectivity index (χ1v) is 7.44. The van der Waals surface area contributed by atoms with Gasteiger partial charge in [-0.2, -0.15) is 29.4 Å². The summed E-state index contributed by atoms with van der Waals surface area (Å²) in [5.41, 5.74) is 1.89. The van der Waals surface area contributed by atoms with E-state index in [4.69, 9.17) is 0 Å². The topological polar surface area (TPSA) is 44.6 Å². The molecule has 0 N–H and O–H groups in total. The molecule has 3 aromatic rings. The molecule has 0 radical (unpaired) electrons. The molecule has 0 fully saturated rings. The van der Waals surface area contributed by atoms with E-state index in [9.17, 15) is 0 Å². The smallest absolute Gasteiger partial charge is 0.493 e. The van der Waals surface area contributed by atoms with Gasteiger partial charge in [0, 0.05) is 12.4 Å². The van der Waals surface area contributed by atoms with Crippen LogP contribution < -0.4 is 5.01 Å². The minimum Gasteiger partial charge on any atom is -0.493 e. The maximum absolute atomic E-state index is 4.13. The van der Waals surface area contributed by atoms with Gasteiger partial charge in [-0.25, -0.2) is 0 Å². The van der Waals surface area contributed by atoms with E-state index in [1.807, 2.05) is 67.1 Å². The van der Waals surface area contributed by atoms with Gasteiger partial charge in [0.15, 0.2) is 0 Å². The van der Waals surface area contributed by atoms with E-state index in [0.717, 1.165) is 17.1 Å². The molecule has 25 heavy (non-hydrogen) atoms. The van der Waals surface area contributed by atoms with Crippen molar-refractivity contribution in [1.82, 2.24) is 14.9 Å². The Labute approximate surface area is 161 Å². The van der Waals surface area contributed by atoms with Crippen LogP contribution in [0, 0.1) is 18.8 Å². The Morgan fingerprint density at radius 3 is 2.20 bits per heavy atom. The second-order valence-corrected chi connectivity index (χ2v) is 4.95. The van der Waals surface area contributed by atoms with Gasteiger partial charge in [0.25, 0.3) is 0 Å². The molecule has 2 heterocycles. The van der Waals surface area contributed by atoms with E-state index in [-0.39, 0.29) is 20.1 Å². The van der Waals surface area contributed by atoms with E-state index in [1.54, 1.807) is 29.8 Å². The van der Waals surface area contributed by atoms with Crippen LogP contribution in [0.25, 0.3) is 11.4 Å². The van der Waals surface area contributed by atoms with Crippen LogP contribution in [-0.4, -0.2) is 28.3 Å². The fourth-order valence-corrected chi connectivity index (χ4v) is 1.99. The van der Waals surface area contributed by atoms with Crippen molar-refractivity contribution < 1.29 is 20.1 Å². The Balaban J connectivity index is 0.000000173. The fraction of sp³-hybridized carbons (Fsp3) is 0.0526. The molecule has 1 aliphatic heterocycles. The summed E-state index contributed by atoms with van der Waals surface area (Å²) in [6, 6.07) is 23.3. The monoisotopic (exact) mass is 507 g/mol. The zero-order chi connectivity index (χ0) is 16.6. The number of aromatic nitrogens is 2. The van der Waals surface area contributed by atoms with Crippen molar-refractivity contribution in [2.75, 3.05) is 12.1 Å². The molecular weight excluding hydrogens is 490 g/mol. The fourth-order valence-electron chi connectivity index (χ4n) is 1.99. The van der Waals surface area contributed by atoms with Gasteiger partial charge in [-0.05, 0) is 13.1 Å². The van der Waals surface area contributed by atoms with Crippen LogP contribution in [0.1, 0.15) is 0 Å². The summed E-state index contributed by atoms with van der Waals surface area (Å²) in [6.45, 7) is 1.89. The van der Waals surface area contributed by atoms with E-state index < -0.39 is 0 Å². The molecule has 126 valence electrons. The molecule has 0 bridgehead atoms. The third-order valence-electron chi connectivity index (χ3n) is 3.10. The van der Waals surface area contributed by atoms with Crippen LogP contribution in [0.5, 0.6) is 0 Å². The number of anilines is 1. The molecule has 6 heteroatoms. The second kappa shape index (κ2) is 9.67. The first kappa shape index (κ1) is 18.8. The van der Waals surface area contributed by atoms with Gasteiger partial charge in [0.2, 0.25) is 0 Å². The Morgan fingerprint density at radius 1 is 0.920 bits per heavy atom. The van der Waals surface area contributed by atoms with Gasteiger partial charge in [-0.1, -0.05) is 5.69 Å². The Morgan fingerprint density at radius 2 is 1.64 bits per heavy atom. The normalized spacial score (nSPS) is 12.2. The van der Waals surface area contributed by atoms with Gasteiger partial charge >= 0.3 is 20.1 Å². The number of hydrazone groups is 1. The second-order valence-electron chi connectivity index (χ2n) is 4.95. The maximum atomic E-state index is 4.13. The van der Waals surface area contributed by atoms with Crippen LogP contribution in [-0.2, 0) is 20.1 Å². The van der Waals surface area contributed by atoms with Crippen LogP contribution >= 0.6 is 0 Å². The van der Waals surface area contributed by atoms with Crippen molar-refractivity contribution in [3.8, 4) is 11.4 Å². The minimum absolute atomic E-state index is 0. The summed E-state index contributed by atoms with van der Waals surface area (Å²) >= 11 is 0. The number of hydrogen-bond donors (Lipinski definition) is 0. The molecule has 0 atom stereocenters. The summed E-state index contributed by atoms with van der Waals surface area (Å²) in [7, 11) is 1.94. The van der Waals surface area contributed by atoms with E-state index in [1.165, 1.54) is 0 Å². The SMILES string of the molecule is CN1C=NN(c2[c-]cccc2)[CH-]1.[Ir+3].[c-]1ccccc1-c1ncccn1. The molecule has 0 amide bonds. The Bertz CT molecular complexity index is 728. The first-order chi connectivity index (χ1) is 11.8. The molecule has 0 unspecified atom stereocenters. The van der Waals surface area contributed by atoms with Crippen molar-refractivity contribution >= 4 is 12.0 Å². The molecule has 4 rings (SSSR count). The van der Waals surface area contributed by atoms with E-state index in [2.05, 4.69) is 27.2 Å². The molecular formula is C19H16IrN5. The summed E-state index contributed by atoms with van der Waals surface area (Å²) in [5, 5.41) is 5.91. The molecule has 0 spiro atoms. The van der Waals surface area contributed by atoms with Gasteiger partial charge < -0.3 is 9.91 Å². The van der Waals surface area contributed by atoms with Gasteiger partial charge in [0.05, 0.1) is 12.2 Å². The molecule has 2 aromatic carbocycles. The molecule has 1 aromatic heterocycles. The number of para-hydroxylation sites is 1. The van der Waals surface area contributed by atoms with Gasteiger partial charge in [-0.15, -0.1) is 48.6 Å². The average molecular weight is 507 g/mol. The van der Waals surface area contributed by atoms with Crippen LogP contribution in [0.2, 0.25) is 0 Å². The number of benzene rings is 2. The van der Waals surface area contributed by atoms with Crippen LogP contribution in [0.4, 0.5) is 5.69 Å². The summed E-state index contributed by atoms with van der Waals surface area (Å²) in [5.74, 6) is 0.720. The minimum atomic E-state index is 0. The summed E-state index contributed by atoms with van der Waals surface area (Å²) in [4.78, 5) is 10.1. The molecule has 1 aliphatic rings. The molecule has 5 nitrogen and oxygen atoms in total. The van der Waals surface area contributed by atoms with Crippen molar-refractivity contribution in [3.05, 3.63) is 85.8 Å². The Kier molecular flexibility index (Phi) is 7.26. The van der Waals surface area contributed by atoms with Crippen molar-refractivity contribution in [2.45, 2.75) is 0 Å². The zero-order valence-electron chi connectivity index (χ0n) is 13.6. The molecule has 0 aliphatic carbocycles. The van der Waals surface area contributed by atoms with Crippen molar-refractivity contribution in [2.24, 2.45) is 5.10 Å². The van der Waals surface area contributed by atoms with Crippen molar-refractivity contribution in [1.29, 1.82) is 0 Å². The van der Waals surface area contributed by atoms with Gasteiger partial charge in [0.1, 0.15) is 0 Å². The number of nitrogens with zero attached hydrogens (tertiary/aromatic N) is 5. The van der Waals surface area contributed by atoms with Crippen molar-refractivity contribution in [3.63, 3.8) is 0 Å². The van der Waals surface area contributed by atoms with E-state index >= 15 is 0 Å². The predicted molar refractivity (Wildman–Crippen MR) is 94.6 cm³/mol. The molecule has 0 saturated heterocycles. The van der Waals surface area contributed by atoms with Crippen LogP contribution in [0.3, 0.4) is 0 Å². The third-order valence-corrected chi connectivity index (χ3v) is 3.10. The number of hydrogen-bond acceptors (Lipinski definition) is 5.